The third-order valence-electron chi connectivity index (χ3n) is 5.83. The second-order valence-electron chi connectivity index (χ2n) is 8.72. The molecule has 0 saturated carbocycles. The van der Waals surface area contributed by atoms with Crippen LogP contribution in [0.4, 0.5) is 39.5 Å². The maximum atomic E-state index is 14.6. The molecule has 0 N–H and O–H groups in total. The molecule has 41 heavy (non-hydrogen) atoms. The minimum Gasteiger partial charge on any atom is -0.429 e. The van der Waals surface area contributed by atoms with Gasteiger partial charge in [0.05, 0.1) is 5.56 Å². The van der Waals surface area contributed by atoms with Crippen molar-refractivity contribution in [3.63, 3.8) is 0 Å². The van der Waals surface area contributed by atoms with Gasteiger partial charge in [-0.1, -0.05) is 30.0 Å². The van der Waals surface area contributed by atoms with E-state index in [1.807, 2.05) is 0 Å². The Morgan fingerprint density at radius 2 is 1.24 bits per heavy atom. The number of halogens is 9. The second-order valence-corrected chi connectivity index (χ2v) is 8.72. The fourth-order valence-corrected chi connectivity index (χ4v) is 3.85. The number of benzene rings is 4. The van der Waals surface area contributed by atoms with Gasteiger partial charge in [0.1, 0.15) is 34.6 Å². The molecule has 0 amide bonds. The van der Waals surface area contributed by atoms with Crippen LogP contribution in [-0.4, -0.2) is 0 Å². The van der Waals surface area contributed by atoms with Crippen LogP contribution in [0.1, 0.15) is 28.7 Å². The van der Waals surface area contributed by atoms with Crippen LogP contribution >= 0.6 is 0 Å². The normalized spacial score (nSPS) is 11.1. The third kappa shape index (κ3) is 6.57. The van der Waals surface area contributed by atoms with Crippen molar-refractivity contribution in [3.05, 3.63) is 136 Å². The zero-order valence-electron chi connectivity index (χ0n) is 20.8. The summed E-state index contributed by atoms with van der Waals surface area (Å²) in [5.74, 6) is -6.75. The van der Waals surface area contributed by atoms with Gasteiger partial charge >= 0.3 is 6.11 Å². The van der Waals surface area contributed by atoms with Crippen molar-refractivity contribution in [1.82, 2.24) is 0 Å². The first-order valence-electron chi connectivity index (χ1n) is 11.8. The van der Waals surface area contributed by atoms with Crippen molar-refractivity contribution in [2.45, 2.75) is 19.0 Å². The zero-order chi connectivity index (χ0) is 29.9. The molecular weight excluding hydrogens is 559 g/mol. The number of ether oxygens (including phenoxy) is 1. The highest BCUT2D eigenvalue weighted by molar-refractivity contribution is 5.65. The summed E-state index contributed by atoms with van der Waals surface area (Å²) in [5, 5.41) is 0. The van der Waals surface area contributed by atoms with Gasteiger partial charge in [0.2, 0.25) is 0 Å². The molecule has 0 aliphatic carbocycles. The topological polar surface area (TPSA) is 9.23 Å². The van der Waals surface area contributed by atoms with E-state index in [1.54, 1.807) is 0 Å². The maximum absolute atomic E-state index is 14.6. The molecule has 210 valence electrons. The van der Waals surface area contributed by atoms with Crippen molar-refractivity contribution >= 4 is 0 Å². The third-order valence-corrected chi connectivity index (χ3v) is 5.83. The van der Waals surface area contributed by atoms with E-state index in [0.717, 1.165) is 12.1 Å². The van der Waals surface area contributed by atoms with Crippen LogP contribution in [-0.2, 0) is 12.5 Å². The first-order valence-corrected chi connectivity index (χ1v) is 11.8. The number of aryl methyl sites for hydroxylation is 1. The Hall–Kier alpha value is -4.65. The molecule has 0 spiro atoms. The maximum Gasteiger partial charge on any atom is 0.432 e. The van der Waals surface area contributed by atoms with E-state index in [0.29, 0.717) is 36.2 Å². The summed E-state index contributed by atoms with van der Waals surface area (Å²) in [6, 6.07) is 9.26. The monoisotopic (exact) mass is 576 g/mol. The molecule has 0 heterocycles. The van der Waals surface area contributed by atoms with E-state index < -0.39 is 63.7 Å². The van der Waals surface area contributed by atoms with Gasteiger partial charge in [-0.25, -0.2) is 30.7 Å². The van der Waals surface area contributed by atoms with Gasteiger partial charge in [-0.05, 0) is 65.9 Å². The van der Waals surface area contributed by atoms with Gasteiger partial charge in [0, 0.05) is 17.7 Å². The van der Waals surface area contributed by atoms with Gasteiger partial charge in [0.15, 0.2) is 17.5 Å². The molecule has 0 atom stereocenters. The summed E-state index contributed by atoms with van der Waals surface area (Å²) in [6.45, 7) is 3.46. The van der Waals surface area contributed by atoms with E-state index in [-0.39, 0.29) is 23.1 Å². The minimum absolute atomic E-state index is 0.0359. The van der Waals surface area contributed by atoms with E-state index in [2.05, 4.69) is 23.2 Å². The van der Waals surface area contributed by atoms with Crippen LogP contribution in [0.2, 0.25) is 0 Å². The van der Waals surface area contributed by atoms with Crippen molar-refractivity contribution in [2.75, 3.05) is 0 Å². The number of hydrogen-bond donors (Lipinski definition) is 0. The molecule has 4 aromatic carbocycles. The quantitative estimate of drug-likeness (QED) is 0.0924. The molecule has 0 unspecified atom stereocenters. The number of alkyl halides is 2. The highest BCUT2D eigenvalue weighted by Crippen LogP contribution is 2.36. The predicted molar refractivity (Wildman–Crippen MR) is 133 cm³/mol. The average molecular weight is 576 g/mol. The van der Waals surface area contributed by atoms with Crippen LogP contribution in [0, 0.1) is 52.6 Å². The SMILES string of the molecule is C=CCCc1cc(F)c(C(F)(F)Oc2cc(F)c(C#Cc3ccc(-c4cc(F)c(F)c(F)c4)cc3)c(F)c2)c(F)c1. The summed E-state index contributed by atoms with van der Waals surface area (Å²) in [4.78, 5) is 0. The number of hydrogen-bond acceptors (Lipinski definition) is 1. The summed E-state index contributed by atoms with van der Waals surface area (Å²) in [5.41, 5.74) is -1.88. The largest absolute Gasteiger partial charge is 0.432 e. The predicted octanol–water partition coefficient (Wildman–Crippen LogP) is 8.97. The lowest BCUT2D eigenvalue weighted by atomic mass is 10.0. The Labute approximate surface area is 228 Å². The fraction of sp³-hybridized carbons (Fsp3) is 0.0968. The molecule has 0 aliphatic rings. The molecule has 0 aromatic heterocycles. The molecule has 0 bridgehead atoms. The van der Waals surface area contributed by atoms with Crippen molar-refractivity contribution in [3.8, 4) is 28.7 Å². The van der Waals surface area contributed by atoms with Crippen molar-refractivity contribution in [2.24, 2.45) is 0 Å². The van der Waals surface area contributed by atoms with Gasteiger partial charge in [-0.15, -0.1) is 6.58 Å². The van der Waals surface area contributed by atoms with Gasteiger partial charge in [-0.3, -0.25) is 0 Å². The Kier molecular flexibility index (Phi) is 8.47. The molecular formula is C31H17F9O. The molecule has 0 radical (unpaired) electrons. The molecule has 4 aromatic rings. The Morgan fingerprint density at radius 3 is 1.78 bits per heavy atom. The van der Waals surface area contributed by atoms with Gasteiger partial charge in [0.25, 0.3) is 0 Å². The van der Waals surface area contributed by atoms with E-state index in [9.17, 15) is 39.5 Å². The first kappa shape index (κ1) is 29.3. The lowest BCUT2D eigenvalue weighted by Crippen LogP contribution is -2.25. The van der Waals surface area contributed by atoms with Gasteiger partial charge in [-0.2, -0.15) is 8.78 Å². The first-order chi connectivity index (χ1) is 19.4. The van der Waals surface area contributed by atoms with Crippen LogP contribution in [0.15, 0.2) is 73.3 Å². The van der Waals surface area contributed by atoms with Gasteiger partial charge < -0.3 is 4.74 Å². The number of allylic oxidation sites excluding steroid dienone is 1. The van der Waals surface area contributed by atoms with Crippen LogP contribution < -0.4 is 4.74 Å². The Morgan fingerprint density at radius 1 is 0.683 bits per heavy atom. The standard InChI is InChI=1S/C31H17F9O/c1-2-3-4-18-11-25(34)29(26(35)12-18)31(39,40)41-21-15-23(32)22(24(33)16-21)10-7-17-5-8-19(9-6-17)20-13-27(36)30(38)28(37)14-20/h2,5-6,8-9,11-16H,1,3-4H2. The van der Waals surface area contributed by atoms with Crippen LogP contribution in [0.25, 0.3) is 11.1 Å². The molecule has 1 nitrogen and oxygen atoms in total. The summed E-state index contributed by atoms with van der Waals surface area (Å²) in [7, 11) is 0. The fourth-order valence-electron chi connectivity index (χ4n) is 3.85. The highest BCUT2D eigenvalue weighted by atomic mass is 19.3. The Balaban J connectivity index is 1.55. The van der Waals surface area contributed by atoms with Crippen molar-refractivity contribution in [1.29, 1.82) is 0 Å². The second kappa shape index (κ2) is 11.8. The van der Waals surface area contributed by atoms with E-state index in [4.69, 9.17) is 0 Å². The molecule has 0 fully saturated rings. The molecule has 0 saturated heterocycles. The van der Waals surface area contributed by atoms with E-state index >= 15 is 0 Å². The average Bonchev–Trinajstić information content (AvgIpc) is 2.89. The number of rotatable bonds is 7. The Bertz CT molecular complexity index is 1610. The minimum atomic E-state index is -4.62. The van der Waals surface area contributed by atoms with E-state index in [1.165, 1.54) is 30.3 Å². The molecule has 10 heteroatoms. The summed E-state index contributed by atoms with van der Waals surface area (Å²) < 4.78 is 132. The summed E-state index contributed by atoms with van der Waals surface area (Å²) in [6.07, 6.45) is -2.63. The lowest BCUT2D eigenvalue weighted by Gasteiger charge is -2.20. The smallest absolute Gasteiger partial charge is 0.429 e. The molecule has 4 rings (SSSR count). The lowest BCUT2D eigenvalue weighted by molar-refractivity contribution is -0.189. The van der Waals surface area contributed by atoms with Crippen LogP contribution in [0.5, 0.6) is 5.75 Å². The zero-order valence-corrected chi connectivity index (χ0v) is 20.8. The highest BCUT2D eigenvalue weighted by Gasteiger charge is 2.41. The molecule has 0 aliphatic heterocycles. The van der Waals surface area contributed by atoms with Crippen molar-refractivity contribution < 1.29 is 44.3 Å². The van der Waals surface area contributed by atoms with Crippen LogP contribution in [0.3, 0.4) is 0 Å². The summed E-state index contributed by atoms with van der Waals surface area (Å²) >= 11 is 0.